The Morgan fingerprint density at radius 2 is 2.07 bits per heavy atom. The van der Waals surface area contributed by atoms with Gasteiger partial charge >= 0.3 is 0 Å². The molecule has 0 spiro atoms. The first-order valence-corrected chi connectivity index (χ1v) is 5.70. The lowest BCUT2D eigenvalue weighted by atomic mass is 9.86. The van der Waals surface area contributed by atoms with Crippen LogP contribution in [0.3, 0.4) is 0 Å². The third-order valence-electron chi connectivity index (χ3n) is 3.02. The van der Waals surface area contributed by atoms with Gasteiger partial charge in [-0.2, -0.15) is 4.98 Å². The van der Waals surface area contributed by atoms with E-state index < -0.39 is 0 Å². The Kier molecular flexibility index (Phi) is 3.05. The van der Waals surface area contributed by atoms with Gasteiger partial charge in [0.1, 0.15) is 0 Å². The molecule has 0 radical (unpaired) electrons. The van der Waals surface area contributed by atoms with Gasteiger partial charge in [0.05, 0.1) is 12.0 Å². The first-order valence-electron chi connectivity index (χ1n) is 5.70. The van der Waals surface area contributed by atoms with Gasteiger partial charge in [-0.25, -0.2) is 0 Å². The van der Waals surface area contributed by atoms with Crippen molar-refractivity contribution in [1.82, 2.24) is 10.1 Å². The van der Waals surface area contributed by atoms with Gasteiger partial charge in [-0.1, -0.05) is 31.8 Å². The van der Waals surface area contributed by atoms with Gasteiger partial charge in [-0.15, -0.1) is 0 Å². The van der Waals surface area contributed by atoms with Crippen LogP contribution in [0.15, 0.2) is 4.52 Å². The van der Waals surface area contributed by atoms with E-state index in [-0.39, 0.29) is 17.9 Å². The highest BCUT2D eigenvalue weighted by Gasteiger charge is 2.29. The fourth-order valence-electron chi connectivity index (χ4n) is 2.03. The molecular weight excluding hydrogens is 192 g/mol. The van der Waals surface area contributed by atoms with Crippen molar-refractivity contribution in [1.29, 1.82) is 0 Å². The summed E-state index contributed by atoms with van der Waals surface area (Å²) in [5.74, 6) is 1.69. The minimum absolute atomic E-state index is 0.0544. The summed E-state index contributed by atoms with van der Waals surface area (Å²) in [7, 11) is 0. The second-order valence-electron chi connectivity index (χ2n) is 4.60. The molecule has 1 aliphatic carbocycles. The Morgan fingerprint density at radius 3 is 2.67 bits per heavy atom. The lowest BCUT2D eigenvalue weighted by Crippen LogP contribution is -2.22. The molecule has 15 heavy (non-hydrogen) atoms. The number of aromatic nitrogens is 2. The highest BCUT2D eigenvalue weighted by Crippen LogP contribution is 2.32. The summed E-state index contributed by atoms with van der Waals surface area (Å²) in [6.07, 6.45) is 3.74. The minimum Gasteiger partial charge on any atom is -0.392 e. The van der Waals surface area contributed by atoms with Crippen molar-refractivity contribution < 1.29 is 9.63 Å². The molecule has 2 unspecified atom stereocenters. The number of hydrogen-bond donors (Lipinski definition) is 1. The molecule has 0 aliphatic heterocycles. The van der Waals surface area contributed by atoms with E-state index in [2.05, 4.69) is 10.1 Å². The zero-order chi connectivity index (χ0) is 10.8. The molecule has 0 amide bonds. The van der Waals surface area contributed by atoms with E-state index in [9.17, 15) is 5.11 Å². The Labute approximate surface area is 89.7 Å². The van der Waals surface area contributed by atoms with E-state index in [0.29, 0.717) is 5.89 Å². The second kappa shape index (κ2) is 4.31. The predicted molar refractivity (Wildman–Crippen MR) is 55.6 cm³/mol. The van der Waals surface area contributed by atoms with Crippen LogP contribution in [0, 0.1) is 0 Å². The molecule has 1 saturated carbocycles. The molecule has 1 aromatic heterocycles. The van der Waals surface area contributed by atoms with Crippen molar-refractivity contribution in [3.63, 3.8) is 0 Å². The second-order valence-corrected chi connectivity index (χ2v) is 4.60. The number of aliphatic hydroxyl groups is 1. The maximum Gasteiger partial charge on any atom is 0.232 e. The fourth-order valence-corrected chi connectivity index (χ4v) is 2.03. The molecule has 4 nitrogen and oxygen atoms in total. The lowest BCUT2D eigenvalue weighted by molar-refractivity contribution is 0.0908. The average molecular weight is 210 g/mol. The van der Waals surface area contributed by atoms with Gasteiger partial charge in [-0.3, -0.25) is 0 Å². The van der Waals surface area contributed by atoms with Crippen LogP contribution in [-0.2, 0) is 0 Å². The largest absolute Gasteiger partial charge is 0.392 e. The van der Waals surface area contributed by atoms with Crippen molar-refractivity contribution in [2.24, 2.45) is 0 Å². The predicted octanol–water partition coefficient (Wildman–Crippen LogP) is 2.21. The van der Waals surface area contributed by atoms with Gasteiger partial charge < -0.3 is 9.63 Å². The number of aliphatic hydroxyl groups excluding tert-OH is 1. The Hall–Kier alpha value is -0.900. The van der Waals surface area contributed by atoms with E-state index >= 15 is 0 Å². The molecule has 1 aromatic rings. The van der Waals surface area contributed by atoms with Crippen LogP contribution in [0.4, 0.5) is 0 Å². The molecule has 0 saturated heterocycles. The lowest BCUT2D eigenvalue weighted by Gasteiger charge is -2.24. The normalized spacial score (nSPS) is 27.2. The standard InChI is InChI=1S/C11H18N2O2/c1-7(2)10-12-11(15-13-10)8-5-3-4-6-9(8)14/h7-9,14H,3-6H2,1-2H3. The molecule has 4 heteroatoms. The zero-order valence-electron chi connectivity index (χ0n) is 9.31. The van der Waals surface area contributed by atoms with Crippen LogP contribution in [0.2, 0.25) is 0 Å². The van der Waals surface area contributed by atoms with Crippen LogP contribution in [-0.4, -0.2) is 21.4 Å². The van der Waals surface area contributed by atoms with E-state index in [0.717, 1.165) is 31.5 Å². The van der Waals surface area contributed by atoms with Gasteiger partial charge in [-0.05, 0) is 12.8 Å². The van der Waals surface area contributed by atoms with Crippen molar-refractivity contribution in [3.05, 3.63) is 11.7 Å². The molecule has 0 aromatic carbocycles. The highest BCUT2D eigenvalue weighted by molar-refractivity contribution is 5.00. The van der Waals surface area contributed by atoms with Gasteiger partial charge in [0.2, 0.25) is 5.89 Å². The number of hydrogen-bond acceptors (Lipinski definition) is 4. The summed E-state index contributed by atoms with van der Waals surface area (Å²) >= 11 is 0. The Bertz CT molecular complexity index is 322. The van der Waals surface area contributed by atoms with Crippen molar-refractivity contribution in [2.45, 2.75) is 57.5 Å². The van der Waals surface area contributed by atoms with E-state index in [1.807, 2.05) is 13.8 Å². The molecular formula is C11H18N2O2. The third-order valence-corrected chi connectivity index (χ3v) is 3.02. The Morgan fingerprint density at radius 1 is 1.33 bits per heavy atom. The van der Waals surface area contributed by atoms with E-state index in [4.69, 9.17) is 4.52 Å². The molecule has 1 heterocycles. The monoisotopic (exact) mass is 210 g/mol. The third kappa shape index (κ3) is 2.20. The van der Waals surface area contributed by atoms with Crippen molar-refractivity contribution >= 4 is 0 Å². The molecule has 1 N–H and O–H groups in total. The quantitative estimate of drug-likeness (QED) is 0.813. The maximum absolute atomic E-state index is 9.84. The first-order chi connectivity index (χ1) is 7.18. The van der Waals surface area contributed by atoms with E-state index in [1.165, 1.54) is 0 Å². The smallest absolute Gasteiger partial charge is 0.232 e. The highest BCUT2D eigenvalue weighted by atomic mass is 16.5. The number of nitrogens with zero attached hydrogens (tertiary/aromatic N) is 2. The molecule has 1 aliphatic rings. The fraction of sp³-hybridized carbons (Fsp3) is 0.818. The van der Waals surface area contributed by atoms with Crippen LogP contribution in [0.1, 0.15) is 63.1 Å². The van der Waals surface area contributed by atoms with Crippen LogP contribution in [0.5, 0.6) is 0 Å². The molecule has 84 valence electrons. The summed E-state index contributed by atoms with van der Waals surface area (Å²) in [6.45, 7) is 4.07. The van der Waals surface area contributed by atoms with Crippen molar-refractivity contribution in [3.8, 4) is 0 Å². The zero-order valence-corrected chi connectivity index (χ0v) is 9.31. The minimum atomic E-state index is -0.306. The molecule has 1 fully saturated rings. The summed E-state index contributed by atoms with van der Waals surface area (Å²) in [4.78, 5) is 4.35. The van der Waals surface area contributed by atoms with Gasteiger partial charge in [0, 0.05) is 5.92 Å². The van der Waals surface area contributed by atoms with Gasteiger partial charge in [0.25, 0.3) is 0 Å². The maximum atomic E-state index is 9.84. The summed E-state index contributed by atoms with van der Waals surface area (Å²) in [5, 5.41) is 13.8. The first kappa shape index (κ1) is 10.6. The summed E-state index contributed by atoms with van der Waals surface area (Å²) < 4.78 is 5.21. The number of rotatable bonds is 2. The Balaban J connectivity index is 2.13. The molecule has 2 rings (SSSR count). The van der Waals surface area contributed by atoms with Crippen LogP contribution < -0.4 is 0 Å². The molecule has 0 bridgehead atoms. The SMILES string of the molecule is CC(C)c1noc(C2CCCCC2O)n1. The topological polar surface area (TPSA) is 59.2 Å². The average Bonchev–Trinajstić information content (AvgIpc) is 2.67. The van der Waals surface area contributed by atoms with Gasteiger partial charge in [0.15, 0.2) is 5.82 Å². The summed E-state index contributed by atoms with van der Waals surface area (Å²) in [6, 6.07) is 0. The van der Waals surface area contributed by atoms with E-state index in [1.54, 1.807) is 0 Å². The van der Waals surface area contributed by atoms with Crippen LogP contribution in [0.25, 0.3) is 0 Å². The van der Waals surface area contributed by atoms with Crippen molar-refractivity contribution in [2.75, 3.05) is 0 Å². The molecule has 2 atom stereocenters. The van der Waals surface area contributed by atoms with Crippen LogP contribution >= 0.6 is 0 Å². The summed E-state index contributed by atoms with van der Waals surface area (Å²) in [5.41, 5.74) is 0.